The van der Waals surface area contributed by atoms with E-state index in [0.717, 1.165) is 43.1 Å². The summed E-state index contributed by atoms with van der Waals surface area (Å²) in [6.07, 6.45) is 3.45. The molecule has 0 saturated carbocycles. The molecule has 0 aliphatic carbocycles. The third kappa shape index (κ3) is 3.77. The van der Waals surface area contributed by atoms with Crippen LogP contribution in [0.25, 0.3) is 0 Å². The lowest BCUT2D eigenvalue weighted by atomic mass is 10.2. The molecule has 2 aromatic rings. The summed E-state index contributed by atoms with van der Waals surface area (Å²) in [5.41, 5.74) is 3.01. The van der Waals surface area contributed by atoms with E-state index < -0.39 is 0 Å². The Balaban J connectivity index is 1.58. The molecule has 0 spiro atoms. The summed E-state index contributed by atoms with van der Waals surface area (Å²) in [4.78, 5) is 15.4. The zero-order valence-corrected chi connectivity index (χ0v) is 13.4. The minimum absolute atomic E-state index is 0.0536. The fourth-order valence-electron chi connectivity index (χ4n) is 2.50. The van der Waals surface area contributed by atoms with Gasteiger partial charge in [-0.1, -0.05) is 5.21 Å². The molecule has 3 rings (SSSR count). The number of carbonyl (C=O) groups is 1. The highest BCUT2D eigenvalue weighted by Gasteiger charge is 2.22. The van der Waals surface area contributed by atoms with Gasteiger partial charge in [0, 0.05) is 39.3 Å². The zero-order chi connectivity index (χ0) is 16.2. The van der Waals surface area contributed by atoms with Crippen molar-refractivity contribution in [3.63, 3.8) is 0 Å². The Labute approximate surface area is 134 Å². The predicted octanol–water partition coefficient (Wildman–Crippen LogP) is 0.492. The Morgan fingerprint density at radius 1 is 1.43 bits per heavy atom. The average molecular weight is 319 g/mol. The number of hydrogen-bond acceptors (Lipinski definition) is 6. The van der Waals surface area contributed by atoms with Crippen LogP contribution in [0.5, 0.6) is 0 Å². The maximum atomic E-state index is 11.5. The van der Waals surface area contributed by atoms with Gasteiger partial charge < -0.3 is 14.1 Å². The second-order valence-electron chi connectivity index (χ2n) is 5.83. The highest BCUT2D eigenvalue weighted by atomic mass is 16.5. The lowest BCUT2D eigenvalue weighted by Gasteiger charge is -2.27. The van der Waals surface area contributed by atoms with Gasteiger partial charge in [0.05, 0.1) is 31.4 Å². The molecule has 0 N–H and O–H groups in total. The first kappa shape index (κ1) is 15.7. The Bertz CT molecular complexity index is 650. The van der Waals surface area contributed by atoms with Gasteiger partial charge in [-0.15, -0.1) is 5.10 Å². The summed E-state index contributed by atoms with van der Waals surface area (Å²) in [5, 5.41) is 8.36. The van der Waals surface area contributed by atoms with Crippen LogP contribution >= 0.6 is 0 Å². The molecule has 2 aromatic heterocycles. The van der Waals surface area contributed by atoms with Crippen molar-refractivity contribution in [1.82, 2.24) is 24.8 Å². The second-order valence-corrected chi connectivity index (χ2v) is 5.83. The molecule has 0 radical (unpaired) electrons. The van der Waals surface area contributed by atoms with Crippen molar-refractivity contribution in [3.05, 3.63) is 35.5 Å². The number of aromatic nitrogens is 3. The van der Waals surface area contributed by atoms with Crippen molar-refractivity contribution in [2.45, 2.75) is 26.2 Å². The summed E-state index contributed by atoms with van der Waals surface area (Å²) in [6, 6.07) is 1.97. The maximum absolute atomic E-state index is 11.5. The van der Waals surface area contributed by atoms with E-state index in [1.165, 1.54) is 4.90 Å². The monoisotopic (exact) mass is 319 g/mol. The summed E-state index contributed by atoms with van der Waals surface area (Å²) >= 11 is 0. The van der Waals surface area contributed by atoms with E-state index >= 15 is 0 Å². The van der Waals surface area contributed by atoms with Crippen LogP contribution in [0, 0.1) is 0 Å². The van der Waals surface area contributed by atoms with E-state index in [9.17, 15) is 4.79 Å². The maximum Gasteiger partial charge on any atom is 0.248 e. The number of rotatable bonds is 6. The Morgan fingerprint density at radius 2 is 2.30 bits per heavy atom. The fourth-order valence-corrected chi connectivity index (χ4v) is 2.50. The number of fused-ring (bicyclic) bond motifs is 1. The minimum atomic E-state index is -0.0624. The van der Waals surface area contributed by atoms with Gasteiger partial charge in [0.2, 0.25) is 5.91 Å². The highest BCUT2D eigenvalue weighted by molar-refractivity contribution is 5.76. The fraction of sp³-hybridized carbons (Fsp3) is 0.533. The third-order valence-electron chi connectivity index (χ3n) is 3.87. The Kier molecular flexibility index (Phi) is 4.73. The first-order valence-corrected chi connectivity index (χ1v) is 7.56. The molecular weight excluding hydrogens is 298 g/mol. The number of furan rings is 1. The van der Waals surface area contributed by atoms with E-state index in [1.54, 1.807) is 26.6 Å². The third-order valence-corrected chi connectivity index (χ3v) is 3.87. The topological polar surface area (TPSA) is 76.6 Å². The van der Waals surface area contributed by atoms with Gasteiger partial charge in [0.1, 0.15) is 12.3 Å². The molecule has 1 aliphatic heterocycles. The molecule has 3 heterocycles. The molecular formula is C15H21N5O3. The molecule has 0 aromatic carbocycles. The highest BCUT2D eigenvalue weighted by Crippen LogP contribution is 2.17. The number of hydrogen-bond donors (Lipinski definition) is 0. The lowest BCUT2D eigenvalue weighted by Crippen LogP contribution is -2.34. The molecule has 0 atom stereocenters. The average Bonchev–Trinajstić information content (AvgIpc) is 3.17. The molecule has 1 aliphatic rings. The first-order valence-electron chi connectivity index (χ1n) is 7.56. The number of likely N-dealkylation sites (N-methyl/N-ethyl adjacent to an activating group) is 1. The van der Waals surface area contributed by atoms with Crippen LogP contribution < -0.4 is 0 Å². The van der Waals surface area contributed by atoms with Gasteiger partial charge in [-0.2, -0.15) is 0 Å². The summed E-state index contributed by atoms with van der Waals surface area (Å²) in [6.45, 7) is 3.67. The number of ether oxygens (including phenoxy) is 1. The Hall–Kier alpha value is -2.19. The Morgan fingerprint density at radius 3 is 3.04 bits per heavy atom. The van der Waals surface area contributed by atoms with Crippen molar-refractivity contribution in [1.29, 1.82) is 0 Å². The van der Waals surface area contributed by atoms with Gasteiger partial charge in [-0.25, -0.2) is 4.68 Å². The van der Waals surface area contributed by atoms with Crippen LogP contribution in [0.2, 0.25) is 0 Å². The number of amides is 1. The zero-order valence-electron chi connectivity index (χ0n) is 13.4. The van der Waals surface area contributed by atoms with Gasteiger partial charge in [-0.3, -0.25) is 9.69 Å². The SMILES string of the molecule is CN(C)C(=O)COCc1nnn2c1CN(Cc1ccoc1)CC2. The molecule has 23 heavy (non-hydrogen) atoms. The smallest absolute Gasteiger partial charge is 0.248 e. The van der Waals surface area contributed by atoms with Crippen LogP contribution in [0.4, 0.5) is 0 Å². The van der Waals surface area contributed by atoms with E-state index in [1.807, 2.05) is 10.7 Å². The first-order chi connectivity index (χ1) is 11.1. The van der Waals surface area contributed by atoms with Gasteiger partial charge in [0.15, 0.2) is 0 Å². The summed E-state index contributed by atoms with van der Waals surface area (Å²) in [7, 11) is 3.42. The summed E-state index contributed by atoms with van der Waals surface area (Å²) < 4.78 is 12.5. The van der Waals surface area contributed by atoms with Crippen molar-refractivity contribution in [2.24, 2.45) is 0 Å². The van der Waals surface area contributed by atoms with E-state index in [0.29, 0.717) is 6.61 Å². The minimum Gasteiger partial charge on any atom is -0.472 e. The van der Waals surface area contributed by atoms with Crippen LogP contribution in [0.15, 0.2) is 23.0 Å². The molecule has 0 bridgehead atoms. The van der Waals surface area contributed by atoms with Gasteiger partial charge in [0.25, 0.3) is 0 Å². The quantitative estimate of drug-likeness (QED) is 0.771. The molecule has 0 unspecified atom stereocenters. The standard InChI is InChI=1S/C15H21N5O3/c1-18(2)15(21)11-23-10-13-14-8-19(4-5-20(14)17-16-13)7-12-3-6-22-9-12/h3,6,9H,4-5,7-8,10-11H2,1-2H3. The molecule has 1 amide bonds. The van der Waals surface area contributed by atoms with Crippen molar-refractivity contribution >= 4 is 5.91 Å². The number of nitrogens with zero attached hydrogens (tertiary/aromatic N) is 5. The second kappa shape index (κ2) is 6.93. The molecule has 8 nitrogen and oxygen atoms in total. The molecule has 0 fully saturated rings. The van der Waals surface area contributed by atoms with E-state index in [2.05, 4.69) is 15.2 Å². The molecule has 8 heteroatoms. The molecule has 124 valence electrons. The van der Waals surface area contributed by atoms with Crippen molar-refractivity contribution in [2.75, 3.05) is 27.2 Å². The van der Waals surface area contributed by atoms with Gasteiger partial charge in [-0.05, 0) is 6.07 Å². The largest absolute Gasteiger partial charge is 0.472 e. The normalized spacial score (nSPS) is 14.7. The summed E-state index contributed by atoms with van der Waals surface area (Å²) in [5.74, 6) is -0.0624. The number of carbonyl (C=O) groups excluding carboxylic acids is 1. The van der Waals surface area contributed by atoms with Crippen LogP contribution in [0.1, 0.15) is 17.0 Å². The van der Waals surface area contributed by atoms with Crippen LogP contribution in [-0.4, -0.2) is 57.9 Å². The van der Waals surface area contributed by atoms with E-state index in [-0.39, 0.29) is 12.5 Å². The lowest BCUT2D eigenvalue weighted by molar-refractivity contribution is -0.134. The van der Waals surface area contributed by atoms with Crippen molar-refractivity contribution < 1.29 is 13.9 Å². The van der Waals surface area contributed by atoms with E-state index in [4.69, 9.17) is 9.15 Å². The van der Waals surface area contributed by atoms with Crippen LogP contribution in [0.3, 0.4) is 0 Å². The van der Waals surface area contributed by atoms with Gasteiger partial charge >= 0.3 is 0 Å². The predicted molar refractivity (Wildman–Crippen MR) is 81.2 cm³/mol. The molecule has 0 saturated heterocycles. The van der Waals surface area contributed by atoms with Crippen LogP contribution in [-0.2, 0) is 35.8 Å². The van der Waals surface area contributed by atoms with Crippen molar-refractivity contribution in [3.8, 4) is 0 Å².